The average Bonchev–Trinajstić information content (AvgIpc) is 2.73. The summed E-state index contributed by atoms with van der Waals surface area (Å²) in [5.41, 5.74) is 8.23. The number of thiol groups is 1. The summed E-state index contributed by atoms with van der Waals surface area (Å²) in [5.74, 6) is -0.835. The quantitative estimate of drug-likeness (QED) is 0.0993. The summed E-state index contributed by atoms with van der Waals surface area (Å²) < 4.78 is 27.4. The molecule has 156 valence electrons. The molecule has 0 aliphatic heterocycles. The topological polar surface area (TPSA) is 145 Å². The minimum atomic E-state index is -3.93. The SMILES string of the molecule is NC(=NO)c1ccc(S(=O)(=O)N(CCC(=O)NO)CCc2ccccc2S)cc1. The highest BCUT2D eigenvalue weighted by molar-refractivity contribution is 7.89. The lowest BCUT2D eigenvalue weighted by molar-refractivity contribution is -0.129. The summed E-state index contributed by atoms with van der Waals surface area (Å²) in [7, 11) is -3.93. The number of carbonyl (C=O) groups excluding carboxylic acids is 1. The van der Waals surface area contributed by atoms with Crippen LogP contribution in [0.15, 0.2) is 63.5 Å². The number of benzene rings is 2. The third-order valence-electron chi connectivity index (χ3n) is 4.23. The molecule has 0 fully saturated rings. The first kappa shape index (κ1) is 22.7. The van der Waals surface area contributed by atoms with Crippen LogP contribution >= 0.6 is 12.6 Å². The molecule has 0 spiro atoms. The fourth-order valence-corrected chi connectivity index (χ4v) is 4.32. The van der Waals surface area contributed by atoms with Crippen molar-refractivity contribution in [1.82, 2.24) is 9.79 Å². The fraction of sp³-hybridized carbons (Fsp3) is 0.222. The predicted molar refractivity (Wildman–Crippen MR) is 110 cm³/mol. The molecular weight excluding hydrogens is 416 g/mol. The zero-order valence-corrected chi connectivity index (χ0v) is 17.1. The van der Waals surface area contributed by atoms with Gasteiger partial charge in [-0.05, 0) is 42.3 Å². The van der Waals surface area contributed by atoms with Crippen molar-refractivity contribution in [1.29, 1.82) is 0 Å². The van der Waals surface area contributed by atoms with Gasteiger partial charge >= 0.3 is 0 Å². The third-order valence-corrected chi connectivity index (χ3v) is 6.58. The van der Waals surface area contributed by atoms with Crippen molar-refractivity contribution in [3.8, 4) is 0 Å². The molecule has 2 aromatic carbocycles. The van der Waals surface area contributed by atoms with Crippen molar-refractivity contribution in [2.75, 3.05) is 13.1 Å². The van der Waals surface area contributed by atoms with E-state index in [2.05, 4.69) is 17.8 Å². The smallest absolute Gasteiger partial charge is 0.244 e. The molecule has 0 saturated heterocycles. The van der Waals surface area contributed by atoms with E-state index in [4.69, 9.17) is 16.1 Å². The van der Waals surface area contributed by atoms with Crippen molar-refractivity contribution in [2.24, 2.45) is 10.9 Å². The lowest BCUT2D eigenvalue weighted by atomic mass is 10.1. The van der Waals surface area contributed by atoms with Crippen molar-refractivity contribution in [3.63, 3.8) is 0 Å². The minimum absolute atomic E-state index is 0.00412. The first-order chi connectivity index (χ1) is 13.8. The number of amides is 1. The molecule has 0 aromatic heterocycles. The Bertz CT molecular complexity index is 978. The standard InChI is InChI=1S/C18H22N4O5S2/c19-18(21-25)14-5-7-15(8-6-14)29(26,27)22(12-10-17(23)20-24)11-9-13-3-1-2-4-16(13)28/h1-8,24-25,28H,9-12H2,(H2,19,21)(H,20,23). The fourth-order valence-electron chi connectivity index (χ4n) is 2.61. The maximum atomic E-state index is 13.1. The molecular formula is C18H22N4O5S2. The van der Waals surface area contributed by atoms with Gasteiger partial charge in [-0.25, -0.2) is 13.9 Å². The Labute approximate surface area is 174 Å². The van der Waals surface area contributed by atoms with Crippen molar-refractivity contribution < 1.29 is 23.6 Å². The Morgan fingerprint density at radius 1 is 1.14 bits per heavy atom. The number of nitrogens with zero attached hydrogens (tertiary/aromatic N) is 2. The summed E-state index contributed by atoms with van der Waals surface area (Å²) in [6, 6.07) is 12.8. The van der Waals surface area contributed by atoms with Gasteiger partial charge in [0.05, 0.1) is 4.90 Å². The monoisotopic (exact) mass is 438 g/mol. The van der Waals surface area contributed by atoms with E-state index in [0.29, 0.717) is 12.0 Å². The molecule has 11 heteroatoms. The van der Waals surface area contributed by atoms with Crippen LogP contribution in [0.3, 0.4) is 0 Å². The largest absolute Gasteiger partial charge is 0.409 e. The normalized spacial score (nSPS) is 12.2. The van der Waals surface area contributed by atoms with Crippen molar-refractivity contribution in [2.45, 2.75) is 22.6 Å². The molecule has 0 aliphatic rings. The van der Waals surface area contributed by atoms with Gasteiger partial charge in [0, 0.05) is 30.0 Å². The predicted octanol–water partition coefficient (Wildman–Crippen LogP) is 1.20. The van der Waals surface area contributed by atoms with E-state index in [-0.39, 0.29) is 30.2 Å². The van der Waals surface area contributed by atoms with Crippen LogP contribution in [-0.2, 0) is 21.2 Å². The van der Waals surface area contributed by atoms with E-state index >= 15 is 0 Å². The molecule has 0 aliphatic carbocycles. The average molecular weight is 439 g/mol. The third kappa shape index (κ3) is 5.94. The first-order valence-electron chi connectivity index (χ1n) is 8.57. The van der Waals surface area contributed by atoms with E-state index in [1.807, 2.05) is 24.3 Å². The Kier molecular flexibility index (Phi) is 8.02. The Balaban J connectivity index is 2.27. The number of hydroxylamine groups is 1. The molecule has 5 N–H and O–H groups in total. The molecule has 9 nitrogen and oxygen atoms in total. The Morgan fingerprint density at radius 3 is 2.38 bits per heavy atom. The van der Waals surface area contributed by atoms with Crippen LogP contribution in [0.25, 0.3) is 0 Å². The Hall–Kier alpha value is -2.60. The van der Waals surface area contributed by atoms with Gasteiger partial charge in [-0.3, -0.25) is 10.0 Å². The maximum absolute atomic E-state index is 13.1. The highest BCUT2D eigenvalue weighted by atomic mass is 32.2. The number of carbonyl (C=O) groups is 1. The van der Waals surface area contributed by atoms with Gasteiger partial charge in [0.1, 0.15) is 0 Å². The number of hydrogen-bond donors (Lipinski definition) is 5. The van der Waals surface area contributed by atoms with Crippen LogP contribution < -0.4 is 11.2 Å². The number of oxime groups is 1. The molecule has 0 bridgehead atoms. The molecule has 0 radical (unpaired) electrons. The van der Waals surface area contributed by atoms with Gasteiger partial charge in [0.25, 0.3) is 0 Å². The van der Waals surface area contributed by atoms with Crippen molar-refractivity contribution >= 4 is 34.4 Å². The first-order valence-corrected chi connectivity index (χ1v) is 10.5. The second-order valence-corrected chi connectivity index (χ2v) is 8.50. The van der Waals surface area contributed by atoms with Crippen LogP contribution in [0.1, 0.15) is 17.5 Å². The molecule has 0 atom stereocenters. The van der Waals surface area contributed by atoms with Crippen LogP contribution in [0, 0.1) is 0 Å². The highest BCUT2D eigenvalue weighted by Gasteiger charge is 2.25. The molecule has 29 heavy (non-hydrogen) atoms. The lowest BCUT2D eigenvalue weighted by Crippen LogP contribution is -2.36. The van der Waals surface area contributed by atoms with E-state index in [1.54, 1.807) is 0 Å². The van der Waals surface area contributed by atoms with Crippen LogP contribution in [0.5, 0.6) is 0 Å². The van der Waals surface area contributed by atoms with Gasteiger partial charge in [0.15, 0.2) is 5.84 Å². The van der Waals surface area contributed by atoms with Gasteiger partial charge in [-0.1, -0.05) is 23.4 Å². The number of amidine groups is 1. The number of nitrogens with one attached hydrogen (secondary N) is 1. The van der Waals surface area contributed by atoms with Crippen LogP contribution in [0.2, 0.25) is 0 Å². The molecule has 1 amide bonds. The van der Waals surface area contributed by atoms with Gasteiger partial charge in [-0.2, -0.15) is 4.31 Å². The Morgan fingerprint density at radius 2 is 1.79 bits per heavy atom. The number of sulfonamides is 1. The molecule has 0 saturated carbocycles. The number of rotatable bonds is 9. The van der Waals surface area contributed by atoms with E-state index in [9.17, 15) is 13.2 Å². The van der Waals surface area contributed by atoms with E-state index in [1.165, 1.54) is 34.1 Å². The van der Waals surface area contributed by atoms with Gasteiger partial charge in [-0.15, -0.1) is 12.6 Å². The highest BCUT2D eigenvalue weighted by Crippen LogP contribution is 2.19. The zero-order valence-electron chi connectivity index (χ0n) is 15.4. The van der Waals surface area contributed by atoms with E-state index < -0.39 is 15.9 Å². The summed E-state index contributed by atoms with van der Waals surface area (Å²) in [6.07, 6.45) is 0.183. The number of nitrogens with two attached hydrogens (primary N) is 1. The minimum Gasteiger partial charge on any atom is -0.409 e. The summed E-state index contributed by atoms with van der Waals surface area (Å²) in [6.45, 7) is -0.00788. The maximum Gasteiger partial charge on any atom is 0.244 e. The second kappa shape index (κ2) is 10.3. The summed E-state index contributed by atoms with van der Waals surface area (Å²) in [4.78, 5) is 12.1. The summed E-state index contributed by atoms with van der Waals surface area (Å²) in [5, 5.41) is 20.3. The van der Waals surface area contributed by atoms with Crippen LogP contribution in [-0.4, -0.2) is 48.0 Å². The zero-order chi connectivity index (χ0) is 21.4. The lowest BCUT2D eigenvalue weighted by Gasteiger charge is -2.22. The van der Waals surface area contributed by atoms with Gasteiger partial charge in [0.2, 0.25) is 15.9 Å². The van der Waals surface area contributed by atoms with Crippen LogP contribution in [0.4, 0.5) is 0 Å². The molecule has 0 unspecified atom stereocenters. The number of hydrogen-bond acceptors (Lipinski definition) is 7. The summed E-state index contributed by atoms with van der Waals surface area (Å²) >= 11 is 4.37. The van der Waals surface area contributed by atoms with Crippen molar-refractivity contribution in [3.05, 3.63) is 59.7 Å². The molecule has 0 heterocycles. The molecule has 2 aromatic rings. The van der Waals surface area contributed by atoms with Gasteiger partial charge < -0.3 is 10.9 Å². The van der Waals surface area contributed by atoms with E-state index in [0.717, 1.165) is 10.5 Å². The molecule has 2 rings (SSSR count). The second-order valence-electron chi connectivity index (χ2n) is 6.08.